The Morgan fingerprint density at radius 3 is 2.75 bits per heavy atom. The van der Waals surface area contributed by atoms with Crippen molar-refractivity contribution in [2.24, 2.45) is 7.05 Å². The maximum atomic E-state index is 12.6. The number of ether oxygens (including phenoxy) is 1. The number of amides is 1. The van der Waals surface area contributed by atoms with Crippen LogP contribution in [0.1, 0.15) is 20.9 Å². The SMILES string of the molecule is COc1c2ccc(C(=O)NCc3sc(-c4ccccc4)nc3C)cc2nn1C. The zero-order valence-corrected chi connectivity index (χ0v) is 16.7. The van der Waals surface area contributed by atoms with Crippen LogP contribution >= 0.6 is 11.3 Å². The molecule has 0 bridgehead atoms. The number of aromatic nitrogens is 3. The van der Waals surface area contributed by atoms with Gasteiger partial charge in [-0.15, -0.1) is 11.3 Å². The van der Waals surface area contributed by atoms with Gasteiger partial charge in [-0.1, -0.05) is 30.3 Å². The van der Waals surface area contributed by atoms with E-state index in [4.69, 9.17) is 4.74 Å². The number of nitrogens with one attached hydrogen (secondary N) is 1. The highest BCUT2D eigenvalue weighted by Crippen LogP contribution is 2.28. The summed E-state index contributed by atoms with van der Waals surface area (Å²) in [6.07, 6.45) is 0. The van der Waals surface area contributed by atoms with Crippen molar-refractivity contribution in [3.05, 3.63) is 64.7 Å². The molecule has 2 aromatic heterocycles. The highest BCUT2D eigenvalue weighted by atomic mass is 32.1. The standard InChI is InChI=1S/C21H20N4O2S/c1-13-18(28-20(23-13)14-7-5-4-6-8-14)12-22-19(26)15-9-10-16-17(11-15)24-25(2)21(16)27-3/h4-11H,12H2,1-3H3,(H,22,26). The third kappa shape index (κ3) is 3.36. The molecule has 7 heteroatoms. The number of rotatable bonds is 5. The van der Waals surface area contributed by atoms with Crippen LogP contribution in [0.3, 0.4) is 0 Å². The van der Waals surface area contributed by atoms with Crippen LogP contribution in [-0.4, -0.2) is 27.8 Å². The van der Waals surface area contributed by atoms with Gasteiger partial charge in [0.1, 0.15) is 5.01 Å². The molecule has 0 spiro atoms. The van der Waals surface area contributed by atoms with Gasteiger partial charge in [0.15, 0.2) is 0 Å². The minimum Gasteiger partial charge on any atom is -0.481 e. The van der Waals surface area contributed by atoms with Crippen molar-refractivity contribution in [1.82, 2.24) is 20.1 Å². The van der Waals surface area contributed by atoms with Gasteiger partial charge in [-0.3, -0.25) is 4.79 Å². The second-order valence-corrected chi connectivity index (χ2v) is 7.52. The van der Waals surface area contributed by atoms with E-state index in [9.17, 15) is 4.79 Å². The molecule has 142 valence electrons. The van der Waals surface area contributed by atoms with Crippen LogP contribution in [0.4, 0.5) is 0 Å². The smallest absolute Gasteiger partial charge is 0.251 e. The van der Waals surface area contributed by atoms with E-state index in [-0.39, 0.29) is 5.91 Å². The Morgan fingerprint density at radius 1 is 1.21 bits per heavy atom. The molecular formula is C21H20N4O2S. The highest BCUT2D eigenvalue weighted by Gasteiger charge is 2.14. The van der Waals surface area contributed by atoms with E-state index in [1.807, 2.05) is 50.4 Å². The van der Waals surface area contributed by atoms with Gasteiger partial charge in [0.05, 0.1) is 30.3 Å². The number of benzene rings is 2. The number of fused-ring (bicyclic) bond motifs is 1. The fourth-order valence-corrected chi connectivity index (χ4v) is 4.13. The Labute approximate surface area is 166 Å². The first-order chi connectivity index (χ1) is 13.6. The second-order valence-electron chi connectivity index (χ2n) is 6.44. The molecule has 1 N–H and O–H groups in total. The number of carbonyl (C=O) groups is 1. The summed E-state index contributed by atoms with van der Waals surface area (Å²) in [5.41, 5.74) is 3.32. The van der Waals surface area contributed by atoms with Crippen molar-refractivity contribution in [2.75, 3.05) is 7.11 Å². The summed E-state index contributed by atoms with van der Waals surface area (Å²) in [5.74, 6) is 0.538. The number of hydrogen-bond acceptors (Lipinski definition) is 5. The lowest BCUT2D eigenvalue weighted by Crippen LogP contribution is -2.22. The minimum atomic E-state index is -0.138. The summed E-state index contributed by atoms with van der Waals surface area (Å²) in [7, 11) is 3.42. The third-order valence-electron chi connectivity index (χ3n) is 4.56. The molecule has 0 fully saturated rings. The number of carbonyl (C=O) groups excluding carboxylic acids is 1. The monoisotopic (exact) mass is 392 g/mol. The van der Waals surface area contributed by atoms with Crippen molar-refractivity contribution >= 4 is 28.1 Å². The van der Waals surface area contributed by atoms with E-state index in [1.165, 1.54) is 0 Å². The number of aryl methyl sites for hydroxylation is 2. The van der Waals surface area contributed by atoms with Crippen LogP contribution in [0.2, 0.25) is 0 Å². The van der Waals surface area contributed by atoms with Gasteiger partial charge in [0.2, 0.25) is 5.88 Å². The second kappa shape index (κ2) is 7.44. The van der Waals surface area contributed by atoms with E-state index in [0.29, 0.717) is 18.0 Å². The number of hydrogen-bond donors (Lipinski definition) is 1. The van der Waals surface area contributed by atoms with Gasteiger partial charge in [-0.2, -0.15) is 5.10 Å². The quantitative estimate of drug-likeness (QED) is 0.558. The Bertz CT molecular complexity index is 1150. The molecule has 0 aliphatic heterocycles. The molecule has 0 saturated carbocycles. The molecule has 2 aromatic carbocycles. The summed E-state index contributed by atoms with van der Waals surface area (Å²) in [6.45, 7) is 2.41. The molecular weight excluding hydrogens is 372 g/mol. The average molecular weight is 392 g/mol. The van der Waals surface area contributed by atoms with Crippen molar-refractivity contribution in [3.63, 3.8) is 0 Å². The van der Waals surface area contributed by atoms with Crippen LogP contribution < -0.4 is 10.1 Å². The molecule has 0 aliphatic carbocycles. The zero-order chi connectivity index (χ0) is 19.7. The normalized spacial score (nSPS) is 11.0. The summed E-state index contributed by atoms with van der Waals surface area (Å²) in [4.78, 5) is 18.3. The molecule has 4 rings (SSSR count). The van der Waals surface area contributed by atoms with Gasteiger partial charge < -0.3 is 10.1 Å². The largest absolute Gasteiger partial charge is 0.481 e. The van der Waals surface area contributed by atoms with Crippen molar-refractivity contribution in [2.45, 2.75) is 13.5 Å². The van der Waals surface area contributed by atoms with Crippen LogP contribution in [0, 0.1) is 6.92 Å². The molecule has 28 heavy (non-hydrogen) atoms. The average Bonchev–Trinajstić information content (AvgIpc) is 3.24. The lowest BCUT2D eigenvalue weighted by Gasteiger charge is -2.04. The molecule has 4 aromatic rings. The van der Waals surface area contributed by atoms with E-state index in [0.717, 1.165) is 32.0 Å². The molecule has 6 nitrogen and oxygen atoms in total. The zero-order valence-electron chi connectivity index (χ0n) is 15.9. The van der Waals surface area contributed by atoms with E-state index in [2.05, 4.69) is 15.4 Å². The highest BCUT2D eigenvalue weighted by molar-refractivity contribution is 7.15. The fourth-order valence-electron chi connectivity index (χ4n) is 3.12. The maximum absolute atomic E-state index is 12.6. The van der Waals surface area contributed by atoms with E-state index in [1.54, 1.807) is 35.3 Å². The predicted molar refractivity (Wildman–Crippen MR) is 111 cm³/mol. The minimum absolute atomic E-state index is 0.138. The van der Waals surface area contributed by atoms with Gasteiger partial charge >= 0.3 is 0 Å². The van der Waals surface area contributed by atoms with Crippen LogP contribution in [0.25, 0.3) is 21.5 Å². The molecule has 0 radical (unpaired) electrons. The Morgan fingerprint density at radius 2 is 2.00 bits per heavy atom. The first-order valence-corrected chi connectivity index (χ1v) is 9.69. The van der Waals surface area contributed by atoms with Gasteiger partial charge in [0, 0.05) is 23.1 Å². The molecule has 0 unspecified atom stereocenters. The van der Waals surface area contributed by atoms with Crippen LogP contribution in [0.15, 0.2) is 48.5 Å². The number of nitrogens with zero attached hydrogens (tertiary/aromatic N) is 3. The van der Waals surface area contributed by atoms with Crippen molar-refractivity contribution < 1.29 is 9.53 Å². The predicted octanol–water partition coefficient (Wildman–Crippen LogP) is 3.94. The van der Waals surface area contributed by atoms with Gasteiger partial charge in [0.25, 0.3) is 5.91 Å². The molecule has 1 amide bonds. The summed E-state index contributed by atoms with van der Waals surface area (Å²) >= 11 is 1.60. The first kappa shape index (κ1) is 18.2. The summed E-state index contributed by atoms with van der Waals surface area (Å²) in [6, 6.07) is 15.5. The molecule has 0 saturated heterocycles. The molecule has 0 aliphatic rings. The van der Waals surface area contributed by atoms with E-state index < -0.39 is 0 Å². The fraction of sp³-hybridized carbons (Fsp3) is 0.190. The van der Waals surface area contributed by atoms with Crippen LogP contribution in [0.5, 0.6) is 5.88 Å². The lowest BCUT2D eigenvalue weighted by atomic mass is 10.1. The van der Waals surface area contributed by atoms with E-state index >= 15 is 0 Å². The third-order valence-corrected chi connectivity index (χ3v) is 5.76. The number of thiazole rings is 1. The maximum Gasteiger partial charge on any atom is 0.251 e. The van der Waals surface area contributed by atoms with Crippen molar-refractivity contribution in [1.29, 1.82) is 0 Å². The topological polar surface area (TPSA) is 69.0 Å². The lowest BCUT2D eigenvalue weighted by molar-refractivity contribution is 0.0951. The van der Waals surface area contributed by atoms with Gasteiger partial charge in [-0.25, -0.2) is 9.67 Å². The van der Waals surface area contributed by atoms with Gasteiger partial charge in [-0.05, 0) is 25.1 Å². The summed E-state index contributed by atoms with van der Waals surface area (Å²) in [5, 5.41) is 9.23. The van der Waals surface area contributed by atoms with Crippen LogP contribution in [-0.2, 0) is 13.6 Å². The summed E-state index contributed by atoms with van der Waals surface area (Å²) < 4.78 is 7.02. The first-order valence-electron chi connectivity index (χ1n) is 8.87. The Balaban J connectivity index is 1.50. The Kier molecular flexibility index (Phi) is 4.83. The molecule has 0 atom stereocenters. The van der Waals surface area contributed by atoms with Crippen molar-refractivity contribution in [3.8, 4) is 16.5 Å². The Hall–Kier alpha value is -3.19. The number of methoxy groups -OCH3 is 1. The molecule has 2 heterocycles.